The van der Waals surface area contributed by atoms with Crippen LogP contribution < -0.4 is 0 Å². The van der Waals surface area contributed by atoms with Gasteiger partial charge in [0.05, 0.1) is 22.6 Å². The summed E-state index contributed by atoms with van der Waals surface area (Å²) < 4.78 is 2.20. The summed E-state index contributed by atoms with van der Waals surface area (Å²) in [6.45, 7) is 0. The second kappa shape index (κ2) is 15.5. The van der Waals surface area contributed by atoms with Crippen molar-refractivity contribution in [2.24, 2.45) is 0 Å². The van der Waals surface area contributed by atoms with Crippen LogP contribution in [0.5, 0.6) is 0 Å². The molecule has 8 aromatic carbocycles. The number of hydrogen-bond donors (Lipinski definition) is 0. The topological polar surface area (TPSA) is 43.1 Å². The summed E-state index contributed by atoms with van der Waals surface area (Å²) in [6, 6.07) is 81.0. The molecular weight excluding hydrogens is 741 g/mol. The van der Waals surface area contributed by atoms with Gasteiger partial charge in [-0.3, -0.25) is 0 Å². The van der Waals surface area contributed by atoms with Crippen LogP contribution in [0.25, 0.3) is 106 Å². The Balaban J connectivity index is 1.12. The first-order valence-electron chi connectivity index (χ1n) is 20.6. The van der Waals surface area contributed by atoms with Crippen LogP contribution in [0.2, 0.25) is 0 Å². The average Bonchev–Trinajstić information content (AvgIpc) is 3.76. The molecule has 3 aromatic heterocycles. The SMILES string of the molecule is c1ccc(-c2cc(-c3cccc(-c4cccc(-c5c(-c6ccccc6)n6nc(-c7ccccc7)c(-c7ccccc7)c6c6ccccc56)c4)c3)nc(-c3ccccc3)n2)cc1. The zero-order chi connectivity index (χ0) is 40.5. The van der Waals surface area contributed by atoms with Crippen molar-refractivity contribution in [3.63, 3.8) is 0 Å². The maximum atomic E-state index is 5.56. The van der Waals surface area contributed by atoms with E-state index in [0.717, 1.165) is 94.9 Å². The van der Waals surface area contributed by atoms with Gasteiger partial charge in [0.1, 0.15) is 5.69 Å². The fourth-order valence-electron chi connectivity index (χ4n) is 8.58. The first-order chi connectivity index (χ1) is 30.3. The summed E-state index contributed by atoms with van der Waals surface area (Å²) in [5, 5.41) is 7.87. The Bertz CT molecular complexity index is 3270. The van der Waals surface area contributed by atoms with Gasteiger partial charge in [0.15, 0.2) is 5.82 Å². The third-order valence-corrected chi connectivity index (χ3v) is 11.4. The lowest BCUT2D eigenvalue weighted by molar-refractivity contribution is 0.981. The predicted octanol–water partition coefficient (Wildman–Crippen LogP) is 14.6. The molecule has 0 aliphatic rings. The number of aromatic nitrogens is 4. The smallest absolute Gasteiger partial charge is 0.160 e. The molecular formula is C57H38N4. The summed E-state index contributed by atoms with van der Waals surface area (Å²) in [6.07, 6.45) is 0. The molecule has 0 spiro atoms. The maximum absolute atomic E-state index is 5.56. The van der Waals surface area contributed by atoms with Crippen molar-refractivity contribution in [1.82, 2.24) is 19.6 Å². The molecule has 11 rings (SSSR count). The number of nitrogens with zero attached hydrogens (tertiary/aromatic N) is 4. The van der Waals surface area contributed by atoms with Gasteiger partial charge in [0.2, 0.25) is 0 Å². The Labute approximate surface area is 354 Å². The summed E-state index contributed by atoms with van der Waals surface area (Å²) in [5.41, 5.74) is 16.8. The van der Waals surface area contributed by atoms with Gasteiger partial charge in [-0.1, -0.05) is 212 Å². The van der Waals surface area contributed by atoms with Gasteiger partial charge >= 0.3 is 0 Å². The number of rotatable bonds is 8. The Morgan fingerprint density at radius 3 is 1.36 bits per heavy atom. The lowest BCUT2D eigenvalue weighted by Gasteiger charge is -2.18. The highest BCUT2D eigenvalue weighted by atomic mass is 15.2. The molecule has 0 aliphatic carbocycles. The van der Waals surface area contributed by atoms with Crippen LogP contribution >= 0.6 is 0 Å². The lowest BCUT2D eigenvalue weighted by atomic mass is 9.90. The van der Waals surface area contributed by atoms with Crippen LogP contribution in [0.4, 0.5) is 0 Å². The van der Waals surface area contributed by atoms with E-state index in [4.69, 9.17) is 15.1 Å². The van der Waals surface area contributed by atoms with Crippen LogP contribution in [-0.2, 0) is 0 Å². The zero-order valence-electron chi connectivity index (χ0n) is 33.2. The maximum Gasteiger partial charge on any atom is 0.160 e. The molecule has 0 unspecified atom stereocenters. The van der Waals surface area contributed by atoms with Crippen molar-refractivity contribution in [3.05, 3.63) is 231 Å². The second-order valence-electron chi connectivity index (χ2n) is 15.2. The average molecular weight is 779 g/mol. The fourth-order valence-corrected chi connectivity index (χ4v) is 8.58. The minimum atomic E-state index is 0.699. The molecule has 4 heteroatoms. The van der Waals surface area contributed by atoms with Gasteiger partial charge in [0, 0.05) is 44.3 Å². The molecule has 61 heavy (non-hydrogen) atoms. The van der Waals surface area contributed by atoms with Crippen molar-refractivity contribution in [3.8, 4) is 89.8 Å². The number of benzene rings is 8. The highest BCUT2D eigenvalue weighted by Crippen LogP contribution is 2.46. The van der Waals surface area contributed by atoms with Crippen LogP contribution in [0.3, 0.4) is 0 Å². The van der Waals surface area contributed by atoms with E-state index < -0.39 is 0 Å². The van der Waals surface area contributed by atoms with Crippen molar-refractivity contribution in [2.45, 2.75) is 0 Å². The Morgan fingerprint density at radius 1 is 0.295 bits per heavy atom. The summed E-state index contributed by atoms with van der Waals surface area (Å²) in [7, 11) is 0. The highest BCUT2D eigenvalue weighted by molar-refractivity contribution is 6.15. The van der Waals surface area contributed by atoms with Gasteiger partial charge in [-0.15, -0.1) is 0 Å². The largest absolute Gasteiger partial charge is 0.231 e. The lowest BCUT2D eigenvalue weighted by Crippen LogP contribution is -2.00. The van der Waals surface area contributed by atoms with E-state index in [0.29, 0.717) is 5.82 Å². The van der Waals surface area contributed by atoms with Crippen LogP contribution in [0, 0.1) is 0 Å². The molecule has 0 saturated carbocycles. The molecule has 0 bridgehead atoms. The van der Waals surface area contributed by atoms with E-state index in [1.165, 1.54) is 5.39 Å². The Morgan fingerprint density at radius 2 is 0.738 bits per heavy atom. The van der Waals surface area contributed by atoms with Gasteiger partial charge in [-0.25, -0.2) is 14.5 Å². The Hall–Kier alpha value is -8.21. The number of hydrogen-bond acceptors (Lipinski definition) is 3. The molecule has 0 atom stereocenters. The molecule has 3 heterocycles. The number of fused-ring (bicyclic) bond motifs is 3. The normalized spacial score (nSPS) is 11.3. The van der Waals surface area contributed by atoms with Crippen LogP contribution in [0.15, 0.2) is 231 Å². The van der Waals surface area contributed by atoms with E-state index in [9.17, 15) is 0 Å². The van der Waals surface area contributed by atoms with Gasteiger partial charge < -0.3 is 0 Å². The standard InChI is InChI=1S/C57H38N4/c1-6-20-39(21-7-1)50-38-51(59-57(58-50)43-28-14-5-15-29-43)46-32-18-30-44(36-46)45-31-19-33-47(37-45)52-48-34-16-17-35-49(48)56-53(40-22-8-2-9-23-40)54(41-24-10-3-11-25-41)60-61(56)55(52)42-26-12-4-13-27-42/h1-38H. The van der Waals surface area contributed by atoms with E-state index in [1.54, 1.807) is 0 Å². The van der Waals surface area contributed by atoms with Crippen molar-refractivity contribution in [2.75, 3.05) is 0 Å². The van der Waals surface area contributed by atoms with Crippen molar-refractivity contribution in [1.29, 1.82) is 0 Å². The van der Waals surface area contributed by atoms with Crippen LogP contribution in [-0.4, -0.2) is 19.6 Å². The molecule has 0 aliphatic heterocycles. The van der Waals surface area contributed by atoms with E-state index in [1.807, 2.05) is 36.4 Å². The zero-order valence-corrected chi connectivity index (χ0v) is 33.2. The summed E-state index contributed by atoms with van der Waals surface area (Å²) >= 11 is 0. The minimum absolute atomic E-state index is 0.699. The molecule has 0 fully saturated rings. The fraction of sp³-hybridized carbons (Fsp3) is 0. The first-order valence-corrected chi connectivity index (χ1v) is 20.6. The molecule has 0 amide bonds. The summed E-state index contributed by atoms with van der Waals surface area (Å²) in [4.78, 5) is 10.2. The highest BCUT2D eigenvalue weighted by Gasteiger charge is 2.25. The van der Waals surface area contributed by atoms with Gasteiger partial charge in [-0.05, 0) is 45.8 Å². The van der Waals surface area contributed by atoms with E-state index in [-0.39, 0.29) is 0 Å². The molecule has 0 saturated heterocycles. The quantitative estimate of drug-likeness (QED) is 0.154. The minimum Gasteiger partial charge on any atom is -0.231 e. The van der Waals surface area contributed by atoms with Gasteiger partial charge in [-0.2, -0.15) is 5.10 Å². The molecule has 0 N–H and O–H groups in total. The molecule has 4 nitrogen and oxygen atoms in total. The second-order valence-corrected chi connectivity index (χ2v) is 15.2. The molecule has 286 valence electrons. The third kappa shape index (κ3) is 6.67. The molecule has 11 aromatic rings. The van der Waals surface area contributed by atoms with E-state index in [2.05, 4.69) is 199 Å². The number of pyridine rings is 1. The predicted molar refractivity (Wildman–Crippen MR) is 252 cm³/mol. The first kappa shape index (κ1) is 35.9. The van der Waals surface area contributed by atoms with Crippen molar-refractivity contribution >= 4 is 16.3 Å². The summed E-state index contributed by atoms with van der Waals surface area (Å²) in [5.74, 6) is 0.699. The Kier molecular flexibility index (Phi) is 9.14. The monoisotopic (exact) mass is 778 g/mol. The molecule has 0 radical (unpaired) electrons. The van der Waals surface area contributed by atoms with Crippen LogP contribution in [0.1, 0.15) is 0 Å². The third-order valence-electron chi connectivity index (χ3n) is 11.4. The van der Waals surface area contributed by atoms with E-state index >= 15 is 0 Å². The van der Waals surface area contributed by atoms with Gasteiger partial charge in [0.25, 0.3) is 0 Å². The van der Waals surface area contributed by atoms with Crippen molar-refractivity contribution < 1.29 is 0 Å².